The monoisotopic (exact) mass is 557 g/mol. The third kappa shape index (κ3) is 5.18. The molecule has 3 amide bonds. The lowest BCUT2D eigenvalue weighted by molar-refractivity contribution is -0.128. The number of fused-ring (bicyclic) bond motifs is 1. The second-order valence-electron chi connectivity index (χ2n) is 10.2. The van der Waals surface area contributed by atoms with Gasteiger partial charge in [-0.1, -0.05) is 30.3 Å². The van der Waals surface area contributed by atoms with Crippen LogP contribution < -0.4 is 19.5 Å². The van der Waals surface area contributed by atoms with Crippen molar-refractivity contribution in [2.75, 3.05) is 33.6 Å². The molecule has 1 N–H and O–H groups in total. The van der Waals surface area contributed by atoms with Crippen molar-refractivity contribution in [1.29, 1.82) is 0 Å². The highest BCUT2D eigenvalue weighted by atomic mass is 16.7. The standard InChI is InChI=1S/C31H31N3O7/c1-38-24-9-5-8-23(17-24)29(36)33-14-12-31(13-15-33)34(30(37)22-6-3-2-4-7-22)25(19-41-31)28(35)32-18-21-10-11-26-27(16-21)40-20-39-26/h2-11,16-17,25H,12-15,18-20H2,1H3,(H,32,35)/t25-/m0/s1. The molecule has 3 aliphatic heterocycles. The Morgan fingerprint density at radius 3 is 2.44 bits per heavy atom. The molecule has 3 aliphatic rings. The Balaban J connectivity index is 1.19. The zero-order valence-electron chi connectivity index (χ0n) is 22.7. The molecule has 41 heavy (non-hydrogen) atoms. The van der Waals surface area contributed by atoms with Crippen LogP contribution in [0.3, 0.4) is 0 Å². The average Bonchev–Trinajstić information content (AvgIpc) is 3.64. The fourth-order valence-corrected chi connectivity index (χ4v) is 5.64. The smallest absolute Gasteiger partial charge is 0.256 e. The summed E-state index contributed by atoms with van der Waals surface area (Å²) in [7, 11) is 1.56. The maximum atomic E-state index is 13.9. The Morgan fingerprint density at radius 1 is 0.902 bits per heavy atom. The van der Waals surface area contributed by atoms with E-state index in [0.29, 0.717) is 54.3 Å². The van der Waals surface area contributed by atoms with Gasteiger partial charge in [0, 0.05) is 43.6 Å². The van der Waals surface area contributed by atoms with Gasteiger partial charge in [-0.05, 0) is 48.0 Å². The minimum absolute atomic E-state index is 0.0649. The Labute approximate surface area is 237 Å². The molecule has 0 saturated carbocycles. The summed E-state index contributed by atoms with van der Waals surface area (Å²) in [5.74, 6) is 1.21. The summed E-state index contributed by atoms with van der Waals surface area (Å²) in [4.78, 5) is 44.0. The zero-order chi connectivity index (χ0) is 28.4. The second-order valence-corrected chi connectivity index (χ2v) is 10.2. The van der Waals surface area contributed by atoms with Crippen LogP contribution in [0, 0.1) is 0 Å². The predicted molar refractivity (Wildman–Crippen MR) is 148 cm³/mol. The molecule has 3 heterocycles. The molecule has 6 rings (SSSR count). The number of nitrogens with zero attached hydrogens (tertiary/aromatic N) is 2. The molecule has 0 aliphatic carbocycles. The van der Waals surface area contributed by atoms with E-state index in [-0.39, 0.29) is 37.7 Å². The van der Waals surface area contributed by atoms with Crippen molar-refractivity contribution in [3.63, 3.8) is 0 Å². The van der Waals surface area contributed by atoms with Crippen molar-refractivity contribution in [2.45, 2.75) is 31.2 Å². The van der Waals surface area contributed by atoms with Crippen molar-refractivity contribution in [3.05, 3.63) is 89.5 Å². The van der Waals surface area contributed by atoms with Gasteiger partial charge < -0.3 is 29.2 Å². The Bertz CT molecular complexity index is 1450. The van der Waals surface area contributed by atoms with Gasteiger partial charge >= 0.3 is 0 Å². The minimum atomic E-state index is -1.00. The molecule has 0 bridgehead atoms. The lowest BCUT2D eigenvalue weighted by Gasteiger charge is -2.44. The average molecular weight is 558 g/mol. The number of likely N-dealkylation sites (tertiary alicyclic amines) is 1. The van der Waals surface area contributed by atoms with E-state index in [4.69, 9.17) is 18.9 Å². The van der Waals surface area contributed by atoms with Crippen LogP contribution in [0.5, 0.6) is 17.2 Å². The van der Waals surface area contributed by atoms with Crippen LogP contribution in [-0.2, 0) is 16.1 Å². The molecule has 1 spiro atoms. The molecule has 0 aromatic heterocycles. The second kappa shape index (κ2) is 11.1. The number of piperidine rings is 1. The van der Waals surface area contributed by atoms with Gasteiger partial charge in [0.1, 0.15) is 17.5 Å². The summed E-state index contributed by atoms with van der Waals surface area (Å²) in [5.41, 5.74) is 0.853. The number of benzene rings is 3. The fraction of sp³-hybridized carbons (Fsp3) is 0.323. The molecular weight excluding hydrogens is 526 g/mol. The number of ether oxygens (including phenoxy) is 4. The number of carbonyl (C=O) groups excluding carboxylic acids is 3. The van der Waals surface area contributed by atoms with Crippen LogP contribution in [0.2, 0.25) is 0 Å². The maximum Gasteiger partial charge on any atom is 0.256 e. The number of amides is 3. The molecule has 10 heteroatoms. The number of hydrogen-bond acceptors (Lipinski definition) is 7. The first-order valence-electron chi connectivity index (χ1n) is 13.6. The molecule has 10 nitrogen and oxygen atoms in total. The van der Waals surface area contributed by atoms with Crippen LogP contribution in [0.15, 0.2) is 72.8 Å². The lowest BCUT2D eigenvalue weighted by atomic mass is 9.96. The van der Waals surface area contributed by atoms with Crippen LogP contribution >= 0.6 is 0 Å². The van der Waals surface area contributed by atoms with Gasteiger partial charge in [-0.3, -0.25) is 19.3 Å². The third-order valence-electron chi connectivity index (χ3n) is 7.86. The Morgan fingerprint density at radius 2 is 1.66 bits per heavy atom. The predicted octanol–water partition coefficient (Wildman–Crippen LogP) is 3.21. The van der Waals surface area contributed by atoms with Crippen molar-refractivity contribution < 1.29 is 33.3 Å². The van der Waals surface area contributed by atoms with E-state index >= 15 is 0 Å². The van der Waals surface area contributed by atoms with Crippen molar-refractivity contribution in [3.8, 4) is 17.2 Å². The van der Waals surface area contributed by atoms with Crippen LogP contribution in [0.25, 0.3) is 0 Å². The van der Waals surface area contributed by atoms with Gasteiger partial charge in [-0.25, -0.2) is 0 Å². The van der Waals surface area contributed by atoms with E-state index in [1.54, 1.807) is 65.4 Å². The summed E-state index contributed by atoms with van der Waals surface area (Å²) in [6.07, 6.45) is 0.764. The van der Waals surface area contributed by atoms with Gasteiger partial charge in [0.15, 0.2) is 11.5 Å². The van der Waals surface area contributed by atoms with E-state index in [9.17, 15) is 14.4 Å². The van der Waals surface area contributed by atoms with Crippen molar-refractivity contribution >= 4 is 17.7 Å². The minimum Gasteiger partial charge on any atom is -0.497 e. The van der Waals surface area contributed by atoms with Gasteiger partial charge in [0.25, 0.3) is 11.8 Å². The lowest BCUT2D eigenvalue weighted by Crippen LogP contribution is -2.59. The number of carbonyl (C=O) groups is 3. The molecule has 0 radical (unpaired) electrons. The first-order valence-corrected chi connectivity index (χ1v) is 13.6. The fourth-order valence-electron chi connectivity index (χ4n) is 5.64. The maximum absolute atomic E-state index is 13.9. The summed E-state index contributed by atoms with van der Waals surface area (Å²) in [5, 5.41) is 2.96. The first kappa shape index (κ1) is 26.6. The number of hydrogen-bond donors (Lipinski definition) is 1. The number of rotatable bonds is 6. The summed E-state index contributed by atoms with van der Waals surface area (Å²) in [6.45, 7) is 1.25. The van der Waals surface area contributed by atoms with Gasteiger partial charge in [-0.2, -0.15) is 0 Å². The van der Waals surface area contributed by atoms with Crippen LogP contribution in [0.4, 0.5) is 0 Å². The molecule has 3 aromatic carbocycles. The van der Waals surface area contributed by atoms with Crippen LogP contribution in [0.1, 0.15) is 39.1 Å². The van der Waals surface area contributed by atoms with Gasteiger partial charge in [-0.15, -0.1) is 0 Å². The largest absolute Gasteiger partial charge is 0.497 e. The van der Waals surface area contributed by atoms with Crippen LogP contribution in [-0.4, -0.2) is 72.9 Å². The van der Waals surface area contributed by atoms with Crippen molar-refractivity contribution in [1.82, 2.24) is 15.1 Å². The molecular formula is C31H31N3O7. The zero-order valence-corrected chi connectivity index (χ0v) is 22.7. The van der Waals surface area contributed by atoms with E-state index in [0.717, 1.165) is 5.56 Å². The van der Waals surface area contributed by atoms with E-state index in [2.05, 4.69) is 5.32 Å². The highest BCUT2D eigenvalue weighted by Crippen LogP contribution is 2.39. The Kier molecular flexibility index (Phi) is 7.23. The van der Waals surface area contributed by atoms with E-state index in [1.807, 2.05) is 24.3 Å². The Hall–Kier alpha value is -4.57. The molecule has 1 atom stereocenters. The summed E-state index contributed by atoms with van der Waals surface area (Å²) >= 11 is 0. The SMILES string of the molecule is COc1cccc(C(=O)N2CCC3(CC2)OC[C@@H](C(=O)NCc2ccc4c(c2)OCO4)N3C(=O)c2ccccc2)c1. The first-order chi connectivity index (χ1) is 20.0. The molecule has 3 aromatic rings. The quantitative estimate of drug-likeness (QED) is 0.496. The summed E-state index contributed by atoms with van der Waals surface area (Å²) < 4.78 is 22.4. The normalized spacial score (nSPS) is 18.8. The molecule has 212 valence electrons. The van der Waals surface area contributed by atoms with Gasteiger partial charge in [0.05, 0.1) is 13.7 Å². The number of methoxy groups -OCH3 is 1. The van der Waals surface area contributed by atoms with E-state index in [1.165, 1.54) is 0 Å². The molecule has 2 fully saturated rings. The summed E-state index contributed by atoms with van der Waals surface area (Å²) in [6, 6.07) is 20.6. The molecule has 0 unspecified atom stereocenters. The highest BCUT2D eigenvalue weighted by molar-refractivity contribution is 5.98. The molecule has 2 saturated heterocycles. The number of nitrogens with one attached hydrogen (secondary N) is 1. The highest BCUT2D eigenvalue weighted by Gasteiger charge is 2.54. The van der Waals surface area contributed by atoms with Gasteiger partial charge in [0.2, 0.25) is 12.7 Å². The topological polar surface area (TPSA) is 107 Å². The van der Waals surface area contributed by atoms with Crippen molar-refractivity contribution in [2.24, 2.45) is 0 Å². The third-order valence-corrected chi connectivity index (χ3v) is 7.86. The van der Waals surface area contributed by atoms with E-state index < -0.39 is 11.8 Å².